The number of likely N-dealkylation sites (tertiary alicyclic amines) is 2. The van der Waals surface area contributed by atoms with Gasteiger partial charge in [-0.3, -0.25) is 4.79 Å². The van der Waals surface area contributed by atoms with Gasteiger partial charge in [-0.1, -0.05) is 0 Å². The molecule has 0 aromatic heterocycles. The standard InChI is InChI=1S/C20H32F2N2O2/c21-20(22)7-5-19(6-8-20)15-17(19)18(25)24-11-3-16(4-12-24)26-14-13-23-9-1-2-10-23/h16-17H,1-15H2. The number of rotatable bonds is 5. The fourth-order valence-corrected chi connectivity index (χ4v) is 5.18. The Morgan fingerprint density at radius 1 is 1.00 bits per heavy atom. The molecule has 148 valence electrons. The molecular weight excluding hydrogens is 338 g/mol. The summed E-state index contributed by atoms with van der Waals surface area (Å²) in [4.78, 5) is 17.2. The molecular formula is C20H32F2N2O2. The molecule has 26 heavy (non-hydrogen) atoms. The van der Waals surface area contributed by atoms with Gasteiger partial charge < -0.3 is 14.5 Å². The van der Waals surface area contributed by atoms with E-state index in [-0.39, 0.29) is 36.2 Å². The summed E-state index contributed by atoms with van der Waals surface area (Å²) in [6, 6.07) is 0. The van der Waals surface area contributed by atoms with Crippen molar-refractivity contribution in [3.8, 4) is 0 Å². The molecule has 4 aliphatic rings. The molecule has 1 amide bonds. The Bertz CT molecular complexity index is 504. The van der Waals surface area contributed by atoms with Crippen LogP contribution in [0.3, 0.4) is 0 Å². The highest BCUT2D eigenvalue weighted by molar-refractivity contribution is 5.82. The average Bonchev–Trinajstić information content (AvgIpc) is 3.09. The van der Waals surface area contributed by atoms with Gasteiger partial charge in [0.25, 0.3) is 0 Å². The van der Waals surface area contributed by atoms with Gasteiger partial charge in [0, 0.05) is 38.4 Å². The summed E-state index contributed by atoms with van der Waals surface area (Å²) < 4.78 is 32.8. The molecule has 0 aromatic carbocycles. The lowest BCUT2D eigenvalue weighted by atomic mass is 9.82. The minimum atomic E-state index is -2.51. The van der Waals surface area contributed by atoms with Gasteiger partial charge >= 0.3 is 0 Å². The predicted octanol–water partition coefficient (Wildman–Crippen LogP) is 3.31. The molecule has 4 rings (SSSR count). The van der Waals surface area contributed by atoms with E-state index in [2.05, 4.69) is 4.90 Å². The van der Waals surface area contributed by atoms with Crippen molar-refractivity contribution in [1.29, 1.82) is 0 Å². The van der Waals surface area contributed by atoms with Crippen molar-refractivity contribution in [2.75, 3.05) is 39.3 Å². The normalized spacial score (nSPS) is 31.5. The maximum absolute atomic E-state index is 13.4. The number of amides is 1. The van der Waals surface area contributed by atoms with Crippen molar-refractivity contribution in [2.24, 2.45) is 11.3 Å². The van der Waals surface area contributed by atoms with Crippen LogP contribution < -0.4 is 0 Å². The van der Waals surface area contributed by atoms with Crippen LogP contribution >= 0.6 is 0 Å². The molecule has 0 aromatic rings. The average molecular weight is 370 g/mol. The first-order chi connectivity index (χ1) is 12.5. The second-order valence-electron chi connectivity index (χ2n) is 8.92. The topological polar surface area (TPSA) is 32.8 Å². The van der Waals surface area contributed by atoms with Gasteiger partial charge in [0.2, 0.25) is 11.8 Å². The second-order valence-corrected chi connectivity index (χ2v) is 8.92. The molecule has 0 N–H and O–H groups in total. The largest absolute Gasteiger partial charge is 0.377 e. The van der Waals surface area contributed by atoms with E-state index >= 15 is 0 Å². The minimum absolute atomic E-state index is 0.00577. The summed E-state index contributed by atoms with van der Waals surface area (Å²) in [5.74, 6) is -2.29. The summed E-state index contributed by atoms with van der Waals surface area (Å²) in [5.41, 5.74) is -0.0954. The van der Waals surface area contributed by atoms with Crippen LogP contribution in [0.4, 0.5) is 8.78 Å². The monoisotopic (exact) mass is 370 g/mol. The molecule has 2 aliphatic carbocycles. The van der Waals surface area contributed by atoms with Crippen LogP contribution in [0.1, 0.15) is 57.8 Å². The van der Waals surface area contributed by atoms with Crippen molar-refractivity contribution in [3.05, 3.63) is 0 Å². The van der Waals surface area contributed by atoms with Gasteiger partial charge in [-0.05, 0) is 63.5 Å². The second kappa shape index (κ2) is 7.34. The van der Waals surface area contributed by atoms with E-state index in [1.807, 2.05) is 4.90 Å². The summed E-state index contributed by atoms with van der Waals surface area (Å²) in [6.45, 7) is 5.73. The molecule has 2 heterocycles. The lowest BCUT2D eigenvalue weighted by Gasteiger charge is -2.34. The Kier molecular flexibility index (Phi) is 5.26. The molecule has 1 unspecified atom stereocenters. The highest BCUT2D eigenvalue weighted by Crippen LogP contribution is 2.63. The van der Waals surface area contributed by atoms with E-state index in [9.17, 15) is 13.6 Å². The number of piperidine rings is 1. The summed E-state index contributed by atoms with van der Waals surface area (Å²) in [6.07, 6.45) is 6.48. The molecule has 6 heteroatoms. The van der Waals surface area contributed by atoms with Gasteiger partial charge in [0.15, 0.2) is 0 Å². The van der Waals surface area contributed by atoms with E-state index in [4.69, 9.17) is 4.74 Å². The Labute approximate surface area is 155 Å². The van der Waals surface area contributed by atoms with E-state index in [0.717, 1.165) is 45.5 Å². The van der Waals surface area contributed by atoms with Gasteiger partial charge in [0.05, 0.1) is 12.7 Å². The van der Waals surface area contributed by atoms with Crippen LogP contribution in [0.2, 0.25) is 0 Å². The van der Waals surface area contributed by atoms with Crippen LogP contribution in [-0.4, -0.2) is 67.1 Å². The maximum atomic E-state index is 13.4. The first-order valence-corrected chi connectivity index (χ1v) is 10.5. The zero-order valence-electron chi connectivity index (χ0n) is 15.7. The van der Waals surface area contributed by atoms with E-state index < -0.39 is 5.92 Å². The van der Waals surface area contributed by atoms with Gasteiger partial charge in [-0.2, -0.15) is 0 Å². The fraction of sp³-hybridized carbons (Fsp3) is 0.950. The number of carbonyl (C=O) groups is 1. The molecule has 4 fully saturated rings. The highest BCUT2D eigenvalue weighted by Gasteiger charge is 2.61. The smallest absolute Gasteiger partial charge is 0.248 e. The number of hydrogen-bond acceptors (Lipinski definition) is 3. The maximum Gasteiger partial charge on any atom is 0.248 e. The summed E-state index contributed by atoms with van der Waals surface area (Å²) in [7, 11) is 0. The molecule has 4 nitrogen and oxygen atoms in total. The van der Waals surface area contributed by atoms with Crippen LogP contribution in [-0.2, 0) is 9.53 Å². The Balaban J connectivity index is 1.16. The fourth-order valence-electron chi connectivity index (χ4n) is 5.18. The van der Waals surface area contributed by atoms with Crippen molar-refractivity contribution in [3.63, 3.8) is 0 Å². The predicted molar refractivity (Wildman–Crippen MR) is 95.2 cm³/mol. The Morgan fingerprint density at radius 3 is 2.31 bits per heavy atom. The Hall–Kier alpha value is -0.750. The van der Waals surface area contributed by atoms with Crippen molar-refractivity contribution in [1.82, 2.24) is 9.80 Å². The van der Waals surface area contributed by atoms with E-state index in [1.165, 1.54) is 25.9 Å². The third-order valence-corrected chi connectivity index (χ3v) is 7.18. The van der Waals surface area contributed by atoms with Gasteiger partial charge in [-0.15, -0.1) is 0 Å². The number of alkyl halides is 2. The lowest BCUT2D eigenvalue weighted by Crippen LogP contribution is -2.43. The highest BCUT2D eigenvalue weighted by atomic mass is 19.3. The van der Waals surface area contributed by atoms with Crippen molar-refractivity contribution < 1.29 is 18.3 Å². The van der Waals surface area contributed by atoms with Crippen molar-refractivity contribution >= 4 is 5.91 Å². The zero-order valence-corrected chi connectivity index (χ0v) is 15.7. The number of carbonyl (C=O) groups excluding carboxylic acids is 1. The first kappa shape index (κ1) is 18.6. The quantitative estimate of drug-likeness (QED) is 0.744. The van der Waals surface area contributed by atoms with E-state index in [1.54, 1.807) is 0 Å². The van der Waals surface area contributed by atoms with Crippen LogP contribution in [0.5, 0.6) is 0 Å². The zero-order chi connectivity index (χ0) is 18.2. The number of nitrogens with zero attached hydrogens (tertiary/aromatic N) is 2. The van der Waals surface area contributed by atoms with Gasteiger partial charge in [-0.25, -0.2) is 8.78 Å². The lowest BCUT2D eigenvalue weighted by molar-refractivity contribution is -0.137. The SMILES string of the molecule is O=C(C1CC12CCC(F)(F)CC2)N1CCC(OCCN2CCCC2)CC1. The molecule has 1 atom stereocenters. The molecule has 1 spiro atoms. The molecule has 0 bridgehead atoms. The number of ether oxygens (including phenoxy) is 1. The number of hydrogen-bond donors (Lipinski definition) is 0. The molecule has 2 saturated carbocycles. The van der Waals surface area contributed by atoms with E-state index in [0.29, 0.717) is 12.8 Å². The molecule has 0 radical (unpaired) electrons. The Morgan fingerprint density at radius 2 is 1.65 bits per heavy atom. The summed E-state index contributed by atoms with van der Waals surface area (Å²) in [5, 5.41) is 0. The van der Waals surface area contributed by atoms with Gasteiger partial charge in [0.1, 0.15) is 0 Å². The van der Waals surface area contributed by atoms with Crippen LogP contribution in [0.15, 0.2) is 0 Å². The van der Waals surface area contributed by atoms with Crippen LogP contribution in [0.25, 0.3) is 0 Å². The molecule has 2 aliphatic heterocycles. The third kappa shape index (κ3) is 4.06. The van der Waals surface area contributed by atoms with Crippen LogP contribution in [0, 0.1) is 11.3 Å². The summed E-state index contributed by atoms with van der Waals surface area (Å²) >= 11 is 0. The third-order valence-electron chi connectivity index (χ3n) is 7.18. The minimum Gasteiger partial charge on any atom is -0.377 e. The molecule has 2 saturated heterocycles. The van der Waals surface area contributed by atoms with Crippen molar-refractivity contribution in [2.45, 2.75) is 69.8 Å². The first-order valence-electron chi connectivity index (χ1n) is 10.5. The number of halogens is 2.